The van der Waals surface area contributed by atoms with Crippen molar-refractivity contribution in [1.82, 2.24) is 4.98 Å². The molecule has 0 saturated carbocycles. The van der Waals surface area contributed by atoms with Crippen molar-refractivity contribution in [3.63, 3.8) is 0 Å². The van der Waals surface area contributed by atoms with E-state index in [0.717, 1.165) is 18.7 Å². The van der Waals surface area contributed by atoms with Gasteiger partial charge in [-0.25, -0.2) is 0 Å². The standard InChI is InChI=1S/C14H14ClN3S/c15-11-2-1-3-12(13(11)14(16)19)18-9-6-10-4-7-17-8-5-10/h1-5,7-8,18H,6,9H2,(H2,16,19). The van der Waals surface area contributed by atoms with Crippen molar-refractivity contribution in [2.75, 3.05) is 11.9 Å². The van der Waals surface area contributed by atoms with Crippen LogP contribution in [-0.2, 0) is 6.42 Å². The summed E-state index contributed by atoms with van der Waals surface area (Å²) in [5.41, 5.74) is 8.49. The van der Waals surface area contributed by atoms with Gasteiger partial charge in [0.05, 0.1) is 10.6 Å². The highest BCUT2D eigenvalue weighted by molar-refractivity contribution is 7.80. The number of thiocarbonyl (C=S) groups is 1. The van der Waals surface area contributed by atoms with Crippen molar-refractivity contribution in [3.8, 4) is 0 Å². The van der Waals surface area contributed by atoms with Crippen LogP contribution in [0.25, 0.3) is 0 Å². The highest BCUT2D eigenvalue weighted by Crippen LogP contribution is 2.24. The first-order chi connectivity index (χ1) is 9.18. The molecule has 0 bridgehead atoms. The third-order valence-electron chi connectivity index (χ3n) is 2.74. The van der Waals surface area contributed by atoms with Gasteiger partial charge in [0.2, 0.25) is 0 Å². The maximum absolute atomic E-state index is 6.10. The lowest BCUT2D eigenvalue weighted by atomic mass is 10.1. The van der Waals surface area contributed by atoms with Crippen LogP contribution in [0.5, 0.6) is 0 Å². The summed E-state index contributed by atoms with van der Waals surface area (Å²) in [7, 11) is 0. The van der Waals surface area contributed by atoms with E-state index in [1.54, 1.807) is 18.5 Å². The fraction of sp³-hybridized carbons (Fsp3) is 0.143. The smallest absolute Gasteiger partial charge is 0.107 e. The topological polar surface area (TPSA) is 50.9 Å². The first kappa shape index (κ1) is 13.8. The largest absolute Gasteiger partial charge is 0.389 e. The molecular formula is C14H14ClN3S. The molecule has 1 heterocycles. The molecule has 2 aromatic rings. The third-order valence-corrected chi connectivity index (χ3v) is 3.26. The maximum Gasteiger partial charge on any atom is 0.107 e. The number of hydrogen-bond donors (Lipinski definition) is 2. The second kappa shape index (κ2) is 6.50. The van der Waals surface area contributed by atoms with Crippen LogP contribution in [0.15, 0.2) is 42.7 Å². The number of pyridine rings is 1. The van der Waals surface area contributed by atoms with E-state index >= 15 is 0 Å². The van der Waals surface area contributed by atoms with Crippen LogP contribution >= 0.6 is 23.8 Å². The first-order valence-electron chi connectivity index (χ1n) is 5.89. The van der Waals surface area contributed by atoms with Gasteiger partial charge in [-0.05, 0) is 36.2 Å². The molecule has 98 valence electrons. The molecule has 0 spiro atoms. The summed E-state index contributed by atoms with van der Waals surface area (Å²) in [6.45, 7) is 0.778. The third kappa shape index (κ3) is 3.66. The number of halogens is 1. The summed E-state index contributed by atoms with van der Waals surface area (Å²) in [4.78, 5) is 4.29. The molecule has 1 aromatic carbocycles. The molecule has 0 fully saturated rings. The Kier molecular flexibility index (Phi) is 4.71. The Labute approximate surface area is 122 Å². The molecule has 5 heteroatoms. The molecule has 0 aliphatic heterocycles. The summed E-state index contributed by atoms with van der Waals surface area (Å²) >= 11 is 11.1. The zero-order valence-electron chi connectivity index (χ0n) is 10.3. The van der Waals surface area contributed by atoms with E-state index in [-0.39, 0.29) is 0 Å². The number of rotatable bonds is 5. The molecule has 3 N–H and O–H groups in total. The van der Waals surface area contributed by atoms with Crippen molar-refractivity contribution in [2.45, 2.75) is 6.42 Å². The number of nitrogens with one attached hydrogen (secondary N) is 1. The van der Waals surface area contributed by atoms with E-state index in [4.69, 9.17) is 29.6 Å². The van der Waals surface area contributed by atoms with Gasteiger partial charge in [0.25, 0.3) is 0 Å². The minimum atomic E-state index is 0.303. The molecule has 0 aliphatic rings. The minimum Gasteiger partial charge on any atom is -0.389 e. The molecule has 1 aromatic heterocycles. The van der Waals surface area contributed by atoms with Gasteiger partial charge < -0.3 is 11.1 Å². The van der Waals surface area contributed by atoms with Crippen LogP contribution in [0.3, 0.4) is 0 Å². The summed E-state index contributed by atoms with van der Waals surface area (Å²) < 4.78 is 0. The summed E-state index contributed by atoms with van der Waals surface area (Å²) in [5, 5.41) is 3.88. The fourth-order valence-corrected chi connectivity index (χ4v) is 2.37. The van der Waals surface area contributed by atoms with Gasteiger partial charge in [-0.2, -0.15) is 0 Å². The monoisotopic (exact) mass is 291 g/mol. The van der Waals surface area contributed by atoms with Gasteiger partial charge >= 0.3 is 0 Å². The fourth-order valence-electron chi connectivity index (χ4n) is 1.81. The zero-order chi connectivity index (χ0) is 13.7. The van der Waals surface area contributed by atoms with Gasteiger partial charge in [0.15, 0.2) is 0 Å². The van der Waals surface area contributed by atoms with Gasteiger partial charge in [-0.15, -0.1) is 0 Å². The van der Waals surface area contributed by atoms with E-state index in [1.807, 2.05) is 24.3 Å². The van der Waals surface area contributed by atoms with Crippen LogP contribution in [0.4, 0.5) is 5.69 Å². The van der Waals surface area contributed by atoms with Crippen LogP contribution < -0.4 is 11.1 Å². The number of anilines is 1. The first-order valence-corrected chi connectivity index (χ1v) is 6.68. The molecular weight excluding hydrogens is 278 g/mol. The second-order valence-electron chi connectivity index (χ2n) is 4.06. The van der Waals surface area contributed by atoms with E-state index < -0.39 is 0 Å². The second-order valence-corrected chi connectivity index (χ2v) is 4.91. The predicted octanol–water partition coefficient (Wildman–Crippen LogP) is 3.02. The van der Waals surface area contributed by atoms with Crippen molar-refractivity contribution in [1.29, 1.82) is 0 Å². The normalized spacial score (nSPS) is 10.2. The van der Waals surface area contributed by atoms with Crippen molar-refractivity contribution in [3.05, 3.63) is 58.9 Å². The number of benzene rings is 1. The lowest BCUT2D eigenvalue weighted by Gasteiger charge is -2.12. The zero-order valence-corrected chi connectivity index (χ0v) is 11.8. The molecule has 0 atom stereocenters. The average molecular weight is 292 g/mol. The summed E-state index contributed by atoms with van der Waals surface area (Å²) in [6, 6.07) is 9.57. The van der Waals surface area contributed by atoms with Crippen LogP contribution in [0, 0.1) is 0 Å². The Bertz CT molecular complexity index is 572. The predicted molar refractivity (Wildman–Crippen MR) is 83.8 cm³/mol. The van der Waals surface area contributed by atoms with E-state index in [2.05, 4.69) is 10.3 Å². The van der Waals surface area contributed by atoms with Gasteiger partial charge in [-0.1, -0.05) is 29.9 Å². The molecule has 0 saturated heterocycles. The number of nitrogens with two attached hydrogens (primary N) is 1. The highest BCUT2D eigenvalue weighted by Gasteiger charge is 2.08. The Morgan fingerprint density at radius 2 is 2.00 bits per heavy atom. The van der Waals surface area contributed by atoms with Gasteiger partial charge in [0.1, 0.15) is 4.99 Å². The molecule has 0 unspecified atom stereocenters. The number of hydrogen-bond acceptors (Lipinski definition) is 3. The van der Waals surface area contributed by atoms with E-state index in [1.165, 1.54) is 5.56 Å². The van der Waals surface area contributed by atoms with Crippen LogP contribution in [-0.4, -0.2) is 16.5 Å². The van der Waals surface area contributed by atoms with Crippen LogP contribution in [0.2, 0.25) is 5.02 Å². The number of nitrogens with zero attached hydrogens (tertiary/aromatic N) is 1. The van der Waals surface area contributed by atoms with E-state index in [9.17, 15) is 0 Å². The van der Waals surface area contributed by atoms with Gasteiger partial charge in [0, 0.05) is 24.6 Å². The van der Waals surface area contributed by atoms with E-state index in [0.29, 0.717) is 15.6 Å². The Morgan fingerprint density at radius 1 is 1.26 bits per heavy atom. The molecule has 2 rings (SSSR count). The highest BCUT2D eigenvalue weighted by atomic mass is 35.5. The summed E-state index contributed by atoms with van der Waals surface area (Å²) in [5.74, 6) is 0. The van der Waals surface area contributed by atoms with Gasteiger partial charge in [-0.3, -0.25) is 4.98 Å². The quantitative estimate of drug-likeness (QED) is 0.832. The maximum atomic E-state index is 6.10. The molecule has 19 heavy (non-hydrogen) atoms. The van der Waals surface area contributed by atoms with Crippen LogP contribution in [0.1, 0.15) is 11.1 Å². The number of aromatic nitrogens is 1. The van der Waals surface area contributed by atoms with Crippen molar-refractivity contribution >= 4 is 34.5 Å². The Balaban J connectivity index is 2.04. The average Bonchev–Trinajstić information content (AvgIpc) is 2.39. The SMILES string of the molecule is NC(=S)c1c(Cl)cccc1NCCc1ccncc1. The van der Waals surface area contributed by atoms with Crippen molar-refractivity contribution < 1.29 is 0 Å². The summed E-state index contributed by atoms with van der Waals surface area (Å²) in [6.07, 6.45) is 4.47. The molecule has 3 nitrogen and oxygen atoms in total. The molecule has 0 amide bonds. The van der Waals surface area contributed by atoms with Crippen molar-refractivity contribution in [2.24, 2.45) is 5.73 Å². The molecule has 0 aliphatic carbocycles. The Morgan fingerprint density at radius 3 is 2.68 bits per heavy atom. The molecule has 0 radical (unpaired) electrons. The lowest BCUT2D eigenvalue weighted by Crippen LogP contribution is -2.15. The lowest BCUT2D eigenvalue weighted by molar-refractivity contribution is 1.01. The minimum absolute atomic E-state index is 0.303. The Hall–Kier alpha value is -1.65.